The molecule has 4 heteroatoms. The Balaban J connectivity index is 3.83. The Morgan fingerprint density at radius 3 is 2.64 bits per heavy atom. The van der Waals surface area contributed by atoms with E-state index in [2.05, 4.69) is 11.3 Å². The van der Waals surface area contributed by atoms with Crippen molar-refractivity contribution in [3.05, 3.63) is 11.5 Å². The number of ether oxygens (including phenoxy) is 1. The molecule has 0 aromatic rings. The first-order chi connectivity index (χ1) is 5.07. The normalized spacial score (nSPS) is 8.91. The zero-order valence-electron chi connectivity index (χ0n) is 6.64. The van der Waals surface area contributed by atoms with Crippen LogP contribution in [-0.2, 0) is 9.53 Å². The van der Waals surface area contributed by atoms with Gasteiger partial charge in [0.1, 0.15) is 0 Å². The molecule has 0 bridgehead atoms. The minimum atomic E-state index is -0.441. The molecule has 0 aromatic heterocycles. The first-order valence-electron chi connectivity index (χ1n) is 3.17. The molecule has 0 aliphatic carbocycles. The van der Waals surface area contributed by atoms with Crippen LogP contribution in [0.4, 0.5) is 0 Å². The van der Waals surface area contributed by atoms with Gasteiger partial charge in [-0.1, -0.05) is 18.3 Å². The van der Waals surface area contributed by atoms with Crippen molar-refractivity contribution in [1.29, 1.82) is 5.41 Å². The molecule has 0 aliphatic rings. The minimum absolute atomic E-state index is 0.263. The van der Waals surface area contributed by atoms with Gasteiger partial charge in [0, 0.05) is 0 Å². The van der Waals surface area contributed by atoms with E-state index in [9.17, 15) is 4.79 Å². The van der Waals surface area contributed by atoms with Crippen molar-refractivity contribution in [3.8, 4) is 0 Å². The standard InChI is InChI=1S/C7H11NO2S/c1-4-10-7(9)5(2)11-6(3)8/h8H,2,4H2,1,3H3. The molecule has 0 rings (SSSR count). The van der Waals surface area contributed by atoms with Gasteiger partial charge < -0.3 is 4.74 Å². The highest BCUT2D eigenvalue weighted by Gasteiger charge is 2.08. The number of nitrogens with one attached hydrogen (secondary N) is 1. The monoisotopic (exact) mass is 173 g/mol. The molecular weight excluding hydrogens is 162 g/mol. The van der Waals surface area contributed by atoms with Gasteiger partial charge in [-0.2, -0.15) is 0 Å². The average Bonchev–Trinajstić information content (AvgIpc) is 1.86. The van der Waals surface area contributed by atoms with Gasteiger partial charge in [-0.25, -0.2) is 4.79 Å². The second kappa shape index (κ2) is 4.96. The van der Waals surface area contributed by atoms with Crippen molar-refractivity contribution in [2.45, 2.75) is 13.8 Å². The van der Waals surface area contributed by atoms with E-state index in [1.54, 1.807) is 13.8 Å². The molecule has 0 amide bonds. The van der Waals surface area contributed by atoms with Gasteiger partial charge in [-0.15, -0.1) is 0 Å². The SMILES string of the molecule is C=C(SC(C)=N)C(=O)OCC. The van der Waals surface area contributed by atoms with Crippen LogP contribution < -0.4 is 0 Å². The Bertz CT molecular complexity index is 189. The Hall–Kier alpha value is -0.770. The largest absolute Gasteiger partial charge is 0.462 e. The predicted octanol–water partition coefficient (Wildman–Crippen LogP) is 1.79. The molecular formula is C7H11NO2S. The Labute approximate surface area is 70.3 Å². The average molecular weight is 173 g/mol. The molecule has 1 N–H and O–H groups in total. The van der Waals surface area contributed by atoms with Crippen LogP contribution in [0.3, 0.4) is 0 Å². The number of hydrogen-bond acceptors (Lipinski definition) is 4. The highest BCUT2D eigenvalue weighted by Crippen LogP contribution is 2.15. The van der Waals surface area contributed by atoms with Gasteiger partial charge in [0.15, 0.2) is 0 Å². The molecule has 0 saturated carbocycles. The zero-order valence-corrected chi connectivity index (χ0v) is 7.46. The molecule has 0 radical (unpaired) electrons. The van der Waals surface area contributed by atoms with E-state index in [-0.39, 0.29) is 4.91 Å². The summed E-state index contributed by atoms with van der Waals surface area (Å²) in [6.45, 7) is 7.13. The lowest BCUT2D eigenvalue weighted by atomic mass is 10.6. The summed E-state index contributed by atoms with van der Waals surface area (Å²) < 4.78 is 4.65. The molecule has 0 spiro atoms. The predicted molar refractivity (Wildman–Crippen MR) is 46.8 cm³/mol. The highest BCUT2D eigenvalue weighted by molar-refractivity contribution is 8.17. The number of carbonyl (C=O) groups is 1. The number of hydrogen-bond donors (Lipinski definition) is 1. The molecule has 0 heterocycles. The summed E-state index contributed by atoms with van der Waals surface area (Å²) >= 11 is 1.02. The summed E-state index contributed by atoms with van der Waals surface area (Å²) in [7, 11) is 0. The lowest BCUT2D eigenvalue weighted by Gasteiger charge is -2.02. The van der Waals surface area contributed by atoms with Crippen molar-refractivity contribution in [3.63, 3.8) is 0 Å². The molecule has 3 nitrogen and oxygen atoms in total. The van der Waals surface area contributed by atoms with Gasteiger partial charge in [-0.3, -0.25) is 5.41 Å². The molecule has 0 saturated heterocycles. The molecule has 0 aromatic carbocycles. The summed E-state index contributed by atoms with van der Waals surface area (Å²) in [4.78, 5) is 11.1. The van der Waals surface area contributed by atoms with E-state index < -0.39 is 5.97 Å². The quantitative estimate of drug-likeness (QED) is 0.306. The lowest BCUT2D eigenvalue weighted by Crippen LogP contribution is -2.05. The molecule has 0 unspecified atom stereocenters. The van der Waals surface area contributed by atoms with Crippen molar-refractivity contribution < 1.29 is 9.53 Å². The molecule has 0 aliphatic heterocycles. The number of thioether (sulfide) groups is 1. The third-order valence-corrected chi connectivity index (χ3v) is 1.50. The fraction of sp³-hybridized carbons (Fsp3) is 0.429. The first kappa shape index (κ1) is 10.2. The Morgan fingerprint density at radius 1 is 1.73 bits per heavy atom. The maximum atomic E-state index is 10.8. The summed E-state index contributed by atoms with van der Waals surface area (Å²) in [5, 5.41) is 7.38. The summed E-state index contributed by atoms with van der Waals surface area (Å²) in [6.07, 6.45) is 0. The molecule has 11 heavy (non-hydrogen) atoms. The number of rotatable bonds is 3. The highest BCUT2D eigenvalue weighted by atomic mass is 32.2. The van der Waals surface area contributed by atoms with Crippen LogP contribution in [0.1, 0.15) is 13.8 Å². The molecule has 0 atom stereocenters. The van der Waals surface area contributed by atoms with E-state index in [1.165, 1.54) is 0 Å². The smallest absolute Gasteiger partial charge is 0.344 e. The maximum absolute atomic E-state index is 10.8. The second-order valence-corrected chi connectivity index (χ2v) is 3.11. The van der Waals surface area contributed by atoms with E-state index in [1.807, 2.05) is 0 Å². The number of carbonyl (C=O) groups excluding carboxylic acids is 1. The number of esters is 1. The first-order valence-corrected chi connectivity index (χ1v) is 3.98. The summed E-state index contributed by atoms with van der Waals surface area (Å²) in [5.74, 6) is -0.441. The zero-order chi connectivity index (χ0) is 8.85. The van der Waals surface area contributed by atoms with Crippen LogP contribution in [0, 0.1) is 5.41 Å². The Kier molecular flexibility index (Phi) is 4.61. The third-order valence-electron chi connectivity index (χ3n) is 0.779. The van der Waals surface area contributed by atoms with Crippen LogP contribution in [0.5, 0.6) is 0 Å². The van der Waals surface area contributed by atoms with Gasteiger partial charge in [0.05, 0.1) is 16.6 Å². The third kappa shape index (κ3) is 4.61. The fourth-order valence-electron chi connectivity index (χ4n) is 0.438. The fourth-order valence-corrected chi connectivity index (χ4v) is 0.950. The van der Waals surface area contributed by atoms with Crippen LogP contribution in [-0.4, -0.2) is 17.6 Å². The summed E-state index contributed by atoms with van der Waals surface area (Å²) in [6, 6.07) is 0. The van der Waals surface area contributed by atoms with Crippen LogP contribution >= 0.6 is 11.8 Å². The van der Waals surface area contributed by atoms with Gasteiger partial charge in [0.25, 0.3) is 0 Å². The van der Waals surface area contributed by atoms with Crippen molar-refractivity contribution in [2.24, 2.45) is 0 Å². The molecule has 0 fully saturated rings. The summed E-state index contributed by atoms with van der Waals surface area (Å²) in [5.41, 5.74) is 0. The van der Waals surface area contributed by atoms with Gasteiger partial charge in [-0.05, 0) is 13.8 Å². The van der Waals surface area contributed by atoms with E-state index in [4.69, 9.17) is 5.41 Å². The van der Waals surface area contributed by atoms with Gasteiger partial charge in [0.2, 0.25) is 0 Å². The van der Waals surface area contributed by atoms with Crippen molar-refractivity contribution in [1.82, 2.24) is 0 Å². The molecule has 62 valence electrons. The van der Waals surface area contributed by atoms with E-state index >= 15 is 0 Å². The Morgan fingerprint density at radius 2 is 2.27 bits per heavy atom. The van der Waals surface area contributed by atoms with Gasteiger partial charge >= 0.3 is 5.97 Å². The topological polar surface area (TPSA) is 50.2 Å². The van der Waals surface area contributed by atoms with Crippen molar-refractivity contribution in [2.75, 3.05) is 6.61 Å². The maximum Gasteiger partial charge on any atom is 0.344 e. The minimum Gasteiger partial charge on any atom is -0.462 e. The van der Waals surface area contributed by atoms with Crippen LogP contribution in [0.15, 0.2) is 11.5 Å². The van der Waals surface area contributed by atoms with Crippen LogP contribution in [0.25, 0.3) is 0 Å². The van der Waals surface area contributed by atoms with Crippen LogP contribution in [0.2, 0.25) is 0 Å². The van der Waals surface area contributed by atoms with E-state index in [0.29, 0.717) is 11.7 Å². The van der Waals surface area contributed by atoms with Crippen molar-refractivity contribution >= 4 is 22.8 Å². The second-order valence-electron chi connectivity index (χ2n) is 1.80. The lowest BCUT2D eigenvalue weighted by molar-refractivity contribution is -0.137. The van der Waals surface area contributed by atoms with E-state index in [0.717, 1.165) is 11.8 Å².